The molecule has 9 nitrogen and oxygen atoms in total. The first kappa shape index (κ1) is 20.3. The Morgan fingerprint density at radius 3 is 2.73 bits per heavy atom. The lowest BCUT2D eigenvalue weighted by atomic mass is 9.94. The molecule has 4 rings (SSSR count). The SMILES string of the molecule is CCO[C@H](C(=O)Nc1nnc(NC2(c3cccnn3)CCNC2)s1)c1ccccc1. The Hall–Kier alpha value is -2.95. The fourth-order valence-electron chi connectivity index (χ4n) is 3.46. The Morgan fingerprint density at radius 1 is 1.20 bits per heavy atom. The van der Waals surface area contributed by atoms with Gasteiger partial charge in [0, 0.05) is 19.3 Å². The normalized spacial score (nSPS) is 19.4. The Morgan fingerprint density at radius 2 is 2.03 bits per heavy atom. The summed E-state index contributed by atoms with van der Waals surface area (Å²) in [5, 5.41) is 27.2. The summed E-state index contributed by atoms with van der Waals surface area (Å²) in [6, 6.07) is 13.2. The van der Waals surface area contributed by atoms with Crippen molar-refractivity contribution < 1.29 is 9.53 Å². The zero-order valence-corrected chi connectivity index (χ0v) is 17.4. The minimum absolute atomic E-state index is 0.281. The number of amides is 1. The molecule has 156 valence electrons. The lowest BCUT2D eigenvalue weighted by Gasteiger charge is -2.27. The maximum Gasteiger partial charge on any atom is 0.259 e. The van der Waals surface area contributed by atoms with Gasteiger partial charge in [0.1, 0.15) is 0 Å². The van der Waals surface area contributed by atoms with E-state index in [1.165, 1.54) is 11.3 Å². The van der Waals surface area contributed by atoms with Crippen LogP contribution in [0.2, 0.25) is 0 Å². The maximum absolute atomic E-state index is 12.8. The van der Waals surface area contributed by atoms with E-state index < -0.39 is 11.6 Å². The van der Waals surface area contributed by atoms with Gasteiger partial charge in [-0.1, -0.05) is 41.7 Å². The van der Waals surface area contributed by atoms with Crippen molar-refractivity contribution in [3.05, 3.63) is 59.9 Å². The maximum atomic E-state index is 12.8. The van der Waals surface area contributed by atoms with Gasteiger partial charge in [0.25, 0.3) is 5.91 Å². The van der Waals surface area contributed by atoms with Gasteiger partial charge >= 0.3 is 0 Å². The van der Waals surface area contributed by atoms with Crippen LogP contribution in [0.25, 0.3) is 0 Å². The Kier molecular flexibility index (Phi) is 6.26. The van der Waals surface area contributed by atoms with E-state index in [9.17, 15) is 4.79 Å². The number of anilines is 2. The molecule has 1 unspecified atom stereocenters. The van der Waals surface area contributed by atoms with Gasteiger partial charge in [-0.25, -0.2) is 0 Å². The summed E-state index contributed by atoms with van der Waals surface area (Å²) in [6.45, 7) is 3.84. The van der Waals surface area contributed by atoms with Crippen LogP contribution in [0.5, 0.6) is 0 Å². The third kappa shape index (κ3) is 4.45. The first-order valence-electron chi connectivity index (χ1n) is 9.78. The average Bonchev–Trinajstić information content (AvgIpc) is 3.44. The summed E-state index contributed by atoms with van der Waals surface area (Å²) < 4.78 is 5.66. The van der Waals surface area contributed by atoms with Crippen molar-refractivity contribution in [2.45, 2.75) is 25.0 Å². The summed E-state index contributed by atoms with van der Waals surface area (Å²) in [4.78, 5) is 12.8. The number of aromatic nitrogens is 4. The van der Waals surface area contributed by atoms with Gasteiger partial charge in [-0.15, -0.1) is 10.2 Å². The first-order valence-corrected chi connectivity index (χ1v) is 10.6. The molecule has 1 aliphatic heterocycles. The summed E-state index contributed by atoms with van der Waals surface area (Å²) in [5.74, 6) is -0.281. The summed E-state index contributed by atoms with van der Waals surface area (Å²) in [5.41, 5.74) is 1.22. The Bertz CT molecular complexity index is 962. The summed E-state index contributed by atoms with van der Waals surface area (Å²) >= 11 is 1.28. The molecule has 3 aromatic rings. The molecule has 1 saturated heterocycles. The molecule has 0 saturated carbocycles. The van der Waals surface area contributed by atoms with Crippen molar-refractivity contribution in [1.82, 2.24) is 25.7 Å². The van der Waals surface area contributed by atoms with Crippen LogP contribution in [-0.2, 0) is 15.1 Å². The molecule has 3 N–H and O–H groups in total. The van der Waals surface area contributed by atoms with E-state index >= 15 is 0 Å². The number of benzene rings is 1. The van der Waals surface area contributed by atoms with E-state index in [-0.39, 0.29) is 5.91 Å². The van der Waals surface area contributed by atoms with Gasteiger partial charge in [0.05, 0.1) is 11.2 Å². The molecule has 2 atom stereocenters. The fourth-order valence-corrected chi connectivity index (χ4v) is 4.20. The highest BCUT2D eigenvalue weighted by molar-refractivity contribution is 7.19. The summed E-state index contributed by atoms with van der Waals surface area (Å²) in [7, 11) is 0. The Labute approximate surface area is 178 Å². The van der Waals surface area contributed by atoms with Gasteiger partial charge in [0.15, 0.2) is 6.10 Å². The third-order valence-electron chi connectivity index (χ3n) is 4.89. The number of nitrogens with one attached hydrogen (secondary N) is 3. The minimum Gasteiger partial charge on any atom is -0.364 e. The molecule has 1 fully saturated rings. The van der Waals surface area contributed by atoms with Gasteiger partial charge in [-0.3, -0.25) is 10.1 Å². The van der Waals surface area contributed by atoms with Crippen LogP contribution in [0.4, 0.5) is 10.3 Å². The average molecular weight is 426 g/mol. The molecular weight excluding hydrogens is 402 g/mol. The van der Waals surface area contributed by atoms with E-state index in [1.54, 1.807) is 6.20 Å². The molecule has 2 aromatic heterocycles. The Balaban J connectivity index is 1.48. The quantitative estimate of drug-likeness (QED) is 0.504. The number of carbonyl (C=O) groups is 1. The highest BCUT2D eigenvalue weighted by Crippen LogP contribution is 2.33. The largest absolute Gasteiger partial charge is 0.364 e. The van der Waals surface area contributed by atoms with Crippen molar-refractivity contribution in [3.63, 3.8) is 0 Å². The van der Waals surface area contributed by atoms with Crippen molar-refractivity contribution in [2.24, 2.45) is 0 Å². The van der Waals surface area contributed by atoms with Crippen LogP contribution >= 0.6 is 11.3 Å². The number of hydrogen-bond acceptors (Lipinski definition) is 9. The molecule has 10 heteroatoms. The predicted octanol–water partition coefficient (Wildman–Crippen LogP) is 2.35. The van der Waals surface area contributed by atoms with E-state index in [0.717, 1.165) is 24.2 Å². The molecule has 0 aliphatic carbocycles. The standard InChI is InChI=1S/C20H23N7O2S/c1-2-29-16(14-7-4-3-5-8-14)17(28)23-18-26-27-19(30-18)24-20(10-12-21-13-20)15-9-6-11-22-25-15/h3-9,11,16,21H,2,10,12-13H2,1H3,(H,24,27)(H,23,26,28)/t16-,20?/m0/s1. The number of nitrogens with zero attached hydrogens (tertiary/aromatic N) is 4. The second-order valence-corrected chi connectivity index (χ2v) is 7.87. The van der Waals surface area contributed by atoms with E-state index in [2.05, 4.69) is 36.3 Å². The molecule has 0 radical (unpaired) electrons. The molecule has 1 aromatic carbocycles. The predicted molar refractivity (Wildman–Crippen MR) is 114 cm³/mol. The van der Waals surface area contributed by atoms with Gasteiger partial charge in [0.2, 0.25) is 10.3 Å². The first-order chi connectivity index (χ1) is 14.7. The van der Waals surface area contributed by atoms with Crippen LogP contribution in [0.3, 0.4) is 0 Å². The van der Waals surface area contributed by atoms with Gasteiger partial charge < -0.3 is 15.4 Å². The van der Waals surface area contributed by atoms with Crippen LogP contribution in [-0.4, -0.2) is 46.0 Å². The molecular formula is C20H23N7O2S. The molecule has 30 heavy (non-hydrogen) atoms. The number of carbonyl (C=O) groups excluding carboxylic acids is 1. The topological polar surface area (TPSA) is 114 Å². The second kappa shape index (κ2) is 9.24. The number of ether oxygens (including phenoxy) is 1. The number of rotatable bonds is 8. The zero-order chi connectivity index (χ0) is 20.8. The van der Waals surface area contributed by atoms with Crippen LogP contribution in [0.15, 0.2) is 48.7 Å². The molecule has 0 spiro atoms. The van der Waals surface area contributed by atoms with E-state index in [0.29, 0.717) is 23.4 Å². The minimum atomic E-state index is -0.707. The van der Waals surface area contributed by atoms with Crippen molar-refractivity contribution >= 4 is 27.5 Å². The molecule has 1 amide bonds. The third-order valence-corrected chi connectivity index (χ3v) is 5.65. The number of hydrogen-bond donors (Lipinski definition) is 3. The lowest BCUT2D eigenvalue weighted by Crippen LogP contribution is -2.38. The lowest BCUT2D eigenvalue weighted by molar-refractivity contribution is -0.127. The monoisotopic (exact) mass is 425 g/mol. The highest BCUT2D eigenvalue weighted by atomic mass is 32.1. The van der Waals surface area contributed by atoms with Crippen molar-refractivity contribution in [2.75, 3.05) is 30.3 Å². The fraction of sp³-hybridized carbons (Fsp3) is 0.350. The molecule has 3 heterocycles. The van der Waals surface area contributed by atoms with Crippen molar-refractivity contribution in [1.29, 1.82) is 0 Å². The second-order valence-electron chi connectivity index (χ2n) is 6.89. The zero-order valence-electron chi connectivity index (χ0n) is 16.5. The van der Waals surface area contributed by atoms with Crippen molar-refractivity contribution in [3.8, 4) is 0 Å². The van der Waals surface area contributed by atoms with E-state index in [4.69, 9.17) is 4.74 Å². The molecule has 0 bridgehead atoms. The van der Waals surface area contributed by atoms with Crippen LogP contribution in [0, 0.1) is 0 Å². The van der Waals surface area contributed by atoms with Gasteiger partial charge in [-0.05, 0) is 37.6 Å². The summed E-state index contributed by atoms with van der Waals surface area (Å²) in [6.07, 6.45) is 1.79. The van der Waals surface area contributed by atoms with Crippen LogP contribution in [0.1, 0.15) is 30.7 Å². The van der Waals surface area contributed by atoms with E-state index in [1.807, 2.05) is 49.4 Å². The highest BCUT2D eigenvalue weighted by Gasteiger charge is 2.38. The smallest absolute Gasteiger partial charge is 0.259 e. The molecule has 1 aliphatic rings. The van der Waals surface area contributed by atoms with Gasteiger partial charge in [-0.2, -0.15) is 10.2 Å². The van der Waals surface area contributed by atoms with Crippen LogP contribution < -0.4 is 16.0 Å².